The Kier molecular flexibility index (Phi) is 6.65. The first-order valence-corrected chi connectivity index (χ1v) is 12.2. The zero-order chi connectivity index (χ0) is 25.2. The highest BCUT2D eigenvalue weighted by atomic mass is 16.5. The number of anilines is 1. The summed E-state index contributed by atoms with van der Waals surface area (Å²) < 4.78 is 13.3. The average Bonchev–Trinajstić information content (AvgIpc) is 3.44. The number of rotatable bonds is 8. The largest absolute Gasteiger partial charge is 0.497 e. The van der Waals surface area contributed by atoms with Gasteiger partial charge in [0.25, 0.3) is 0 Å². The number of aliphatic hydroxyl groups excluding tert-OH is 1. The van der Waals surface area contributed by atoms with Crippen molar-refractivity contribution < 1.29 is 19.4 Å². The third-order valence-electron chi connectivity index (χ3n) is 6.78. The lowest BCUT2D eigenvalue weighted by Gasteiger charge is -2.20. The van der Waals surface area contributed by atoms with Gasteiger partial charge in [-0.2, -0.15) is 0 Å². The van der Waals surface area contributed by atoms with Crippen molar-refractivity contribution in [2.75, 3.05) is 25.2 Å². The molecule has 2 atom stereocenters. The van der Waals surface area contributed by atoms with Crippen molar-refractivity contribution in [2.45, 2.75) is 38.8 Å². The van der Waals surface area contributed by atoms with Crippen LogP contribution in [0.3, 0.4) is 0 Å². The van der Waals surface area contributed by atoms with Crippen molar-refractivity contribution in [3.8, 4) is 11.5 Å². The highest BCUT2D eigenvalue weighted by Crippen LogP contribution is 2.34. The lowest BCUT2D eigenvalue weighted by molar-refractivity contribution is -0.117. The van der Waals surface area contributed by atoms with Crippen molar-refractivity contribution in [3.05, 3.63) is 83.7 Å². The average molecular weight is 486 g/mol. The van der Waals surface area contributed by atoms with Gasteiger partial charge in [0.1, 0.15) is 30.0 Å². The van der Waals surface area contributed by atoms with Crippen LogP contribution in [0.4, 0.5) is 5.69 Å². The summed E-state index contributed by atoms with van der Waals surface area (Å²) in [6, 6.07) is 21.4. The highest BCUT2D eigenvalue weighted by molar-refractivity contribution is 5.96. The number of amides is 1. The second-order valence-corrected chi connectivity index (χ2v) is 9.36. The highest BCUT2D eigenvalue weighted by Gasteiger charge is 2.35. The van der Waals surface area contributed by atoms with E-state index in [0.717, 1.165) is 45.2 Å². The molecule has 1 saturated heterocycles. The minimum absolute atomic E-state index is 0.0580. The molecule has 0 unspecified atom stereocenters. The van der Waals surface area contributed by atoms with Crippen molar-refractivity contribution in [1.82, 2.24) is 9.55 Å². The number of imidazole rings is 1. The van der Waals surface area contributed by atoms with E-state index in [-0.39, 0.29) is 18.4 Å². The molecule has 0 bridgehead atoms. The first-order valence-electron chi connectivity index (χ1n) is 12.2. The third-order valence-corrected chi connectivity index (χ3v) is 6.78. The number of aryl methyl sites for hydroxylation is 2. The molecule has 1 N–H and O–H groups in total. The van der Waals surface area contributed by atoms with Gasteiger partial charge in [0.05, 0.1) is 24.7 Å². The predicted molar refractivity (Wildman–Crippen MR) is 140 cm³/mol. The van der Waals surface area contributed by atoms with Crippen molar-refractivity contribution in [1.29, 1.82) is 0 Å². The van der Waals surface area contributed by atoms with Gasteiger partial charge in [-0.25, -0.2) is 4.98 Å². The van der Waals surface area contributed by atoms with Crippen LogP contribution in [0.5, 0.6) is 11.5 Å². The number of benzene rings is 3. The molecule has 7 heteroatoms. The molecule has 186 valence electrons. The maximum atomic E-state index is 13.0. The molecule has 1 aliphatic rings. The van der Waals surface area contributed by atoms with Gasteiger partial charge in [-0.1, -0.05) is 30.3 Å². The van der Waals surface area contributed by atoms with Crippen LogP contribution in [-0.4, -0.2) is 46.9 Å². The van der Waals surface area contributed by atoms with E-state index in [1.165, 1.54) is 0 Å². The topological polar surface area (TPSA) is 76.8 Å². The van der Waals surface area contributed by atoms with Crippen LogP contribution in [0.2, 0.25) is 0 Å². The Labute approximate surface area is 210 Å². The summed E-state index contributed by atoms with van der Waals surface area (Å²) in [7, 11) is 1.62. The number of ether oxygens (including phenoxy) is 2. The van der Waals surface area contributed by atoms with Crippen molar-refractivity contribution in [3.63, 3.8) is 0 Å². The number of aromatic nitrogens is 2. The molecular weight excluding hydrogens is 454 g/mol. The molecule has 0 aliphatic carbocycles. The molecule has 2 heterocycles. The number of para-hydroxylation sites is 3. The minimum Gasteiger partial charge on any atom is -0.497 e. The monoisotopic (exact) mass is 485 g/mol. The van der Waals surface area contributed by atoms with Crippen LogP contribution in [0.15, 0.2) is 66.7 Å². The number of carbonyl (C=O) groups excluding carboxylic acids is 1. The Morgan fingerprint density at radius 3 is 2.47 bits per heavy atom. The fourth-order valence-electron chi connectivity index (χ4n) is 4.96. The van der Waals surface area contributed by atoms with E-state index < -0.39 is 6.10 Å². The first kappa shape index (κ1) is 23.9. The van der Waals surface area contributed by atoms with E-state index in [9.17, 15) is 9.90 Å². The molecule has 1 aliphatic heterocycles. The van der Waals surface area contributed by atoms with Crippen LogP contribution >= 0.6 is 0 Å². The van der Waals surface area contributed by atoms with Crippen molar-refractivity contribution >= 4 is 22.6 Å². The van der Waals surface area contributed by atoms with E-state index in [4.69, 9.17) is 14.5 Å². The maximum Gasteiger partial charge on any atom is 0.227 e. The molecule has 0 saturated carbocycles. The molecule has 1 fully saturated rings. The maximum absolute atomic E-state index is 13.0. The second-order valence-electron chi connectivity index (χ2n) is 9.36. The zero-order valence-electron chi connectivity index (χ0n) is 20.8. The number of aliphatic hydroxyl groups is 1. The number of methoxy groups -OCH3 is 1. The predicted octanol–water partition coefficient (Wildman–Crippen LogP) is 4.62. The molecule has 0 radical (unpaired) electrons. The molecule has 36 heavy (non-hydrogen) atoms. The van der Waals surface area contributed by atoms with E-state index in [2.05, 4.69) is 0 Å². The lowest BCUT2D eigenvalue weighted by atomic mass is 10.1. The van der Waals surface area contributed by atoms with E-state index in [1.807, 2.05) is 85.1 Å². The van der Waals surface area contributed by atoms with E-state index in [1.54, 1.807) is 12.0 Å². The molecule has 3 aromatic carbocycles. The van der Waals surface area contributed by atoms with Crippen LogP contribution in [-0.2, 0) is 11.3 Å². The fourth-order valence-corrected chi connectivity index (χ4v) is 4.96. The summed E-state index contributed by atoms with van der Waals surface area (Å²) in [6.45, 7) is 5.03. The number of fused-ring (bicyclic) bond motifs is 1. The summed E-state index contributed by atoms with van der Waals surface area (Å²) in [5.41, 5.74) is 4.71. The fraction of sp³-hybridized carbons (Fsp3) is 0.310. The Morgan fingerprint density at radius 1 is 1.03 bits per heavy atom. The Balaban J connectivity index is 1.38. The minimum atomic E-state index is -0.741. The number of hydrogen-bond acceptors (Lipinski definition) is 5. The summed E-state index contributed by atoms with van der Waals surface area (Å²) in [6.07, 6.45) is -0.375. The van der Waals surface area contributed by atoms with Gasteiger partial charge >= 0.3 is 0 Å². The van der Waals surface area contributed by atoms with Crippen LogP contribution < -0.4 is 14.4 Å². The number of hydrogen-bond donors (Lipinski definition) is 1. The number of nitrogens with zero attached hydrogens (tertiary/aromatic N) is 3. The summed E-state index contributed by atoms with van der Waals surface area (Å²) in [4.78, 5) is 19.7. The molecule has 1 amide bonds. The van der Waals surface area contributed by atoms with Crippen LogP contribution in [0.1, 0.15) is 29.3 Å². The van der Waals surface area contributed by atoms with Crippen LogP contribution in [0, 0.1) is 13.8 Å². The Morgan fingerprint density at radius 2 is 1.75 bits per heavy atom. The summed E-state index contributed by atoms with van der Waals surface area (Å²) in [5, 5.41) is 11.0. The van der Waals surface area contributed by atoms with Gasteiger partial charge in [-0.05, 0) is 61.4 Å². The number of carbonyl (C=O) groups is 1. The molecule has 4 aromatic rings. The molecule has 5 rings (SSSR count). The first-order chi connectivity index (χ1) is 17.4. The van der Waals surface area contributed by atoms with Gasteiger partial charge in [-0.3, -0.25) is 4.79 Å². The SMILES string of the molecule is COc1ccc(N2C[C@@H](c3nc4ccccc4n3C[C@@H](O)COc3c(C)cccc3C)CC2=O)cc1. The summed E-state index contributed by atoms with van der Waals surface area (Å²) in [5.74, 6) is 2.35. The van der Waals surface area contributed by atoms with E-state index in [0.29, 0.717) is 19.5 Å². The van der Waals surface area contributed by atoms with Gasteiger partial charge in [0.15, 0.2) is 0 Å². The van der Waals surface area contributed by atoms with Gasteiger partial charge in [0, 0.05) is 24.6 Å². The van der Waals surface area contributed by atoms with Gasteiger partial charge in [0.2, 0.25) is 5.91 Å². The Bertz CT molecular complexity index is 1360. The molecule has 7 nitrogen and oxygen atoms in total. The van der Waals surface area contributed by atoms with Crippen LogP contribution in [0.25, 0.3) is 11.0 Å². The van der Waals surface area contributed by atoms with Crippen molar-refractivity contribution in [2.24, 2.45) is 0 Å². The zero-order valence-corrected chi connectivity index (χ0v) is 20.8. The molecule has 0 spiro atoms. The quantitative estimate of drug-likeness (QED) is 0.394. The molecular formula is C29H31N3O4. The van der Waals surface area contributed by atoms with Gasteiger partial charge < -0.3 is 24.0 Å². The smallest absolute Gasteiger partial charge is 0.227 e. The second kappa shape index (κ2) is 10.0. The molecule has 1 aromatic heterocycles. The normalized spacial score (nSPS) is 16.5. The van der Waals surface area contributed by atoms with Gasteiger partial charge in [-0.15, -0.1) is 0 Å². The summed E-state index contributed by atoms with van der Waals surface area (Å²) >= 11 is 0. The third kappa shape index (κ3) is 4.66. The lowest BCUT2D eigenvalue weighted by Crippen LogP contribution is -2.26. The standard InChI is InChI=1S/C29H31N3O4/c1-19-7-6-8-20(2)28(19)36-18-23(33)17-32-26-10-5-4-9-25(26)30-29(32)21-15-27(34)31(16-21)22-11-13-24(35-3)14-12-22/h4-14,21,23,33H,15-18H2,1-3H3/t21-,23+/m0/s1. The van der Waals surface area contributed by atoms with E-state index >= 15 is 0 Å². The Hall–Kier alpha value is -3.84.